The molecular formula is C14H32F2O2. The summed E-state index contributed by atoms with van der Waals surface area (Å²) in [6.45, 7) is 11.5. The van der Waals surface area contributed by atoms with E-state index in [0.29, 0.717) is 13.2 Å². The molecule has 0 aromatic carbocycles. The van der Waals surface area contributed by atoms with Crippen molar-refractivity contribution in [2.75, 3.05) is 19.9 Å². The maximum atomic E-state index is 14.1. The van der Waals surface area contributed by atoms with E-state index in [1.165, 1.54) is 6.92 Å². The Hall–Kier alpha value is -0.220. The average molecular weight is 270 g/mol. The molecule has 0 aromatic rings. The number of rotatable bonds is 1. The summed E-state index contributed by atoms with van der Waals surface area (Å²) in [6.07, 6.45) is 0. The number of ether oxygens (including phenoxy) is 2. The molecule has 0 atom stereocenters. The minimum absolute atomic E-state index is 0. The largest absolute Gasteiger partial charge is 0.326 e. The van der Waals surface area contributed by atoms with Gasteiger partial charge in [-0.25, -0.2) is 0 Å². The van der Waals surface area contributed by atoms with Gasteiger partial charge in [-0.3, -0.25) is 4.39 Å². The van der Waals surface area contributed by atoms with Gasteiger partial charge in [0.15, 0.2) is 0 Å². The van der Waals surface area contributed by atoms with Crippen LogP contribution < -0.4 is 0 Å². The lowest BCUT2D eigenvalue weighted by Crippen LogP contribution is -2.49. The molecule has 2 nitrogen and oxygen atoms in total. The van der Waals surface area contributed by atoms with E-state index >= 15 is 0 Å². The monoisotopic (exact) mass is 270 g/mol. The van der Waals surface area contributed by atoms with Gasteiger partial charge in [-0.15, -0.1) is 0 Å². The summed E-state index contributed by atoms with van der Waals surface area (Å²) in [5.74, 6) is 0. The van der Waals surface area contributed by atoms with Gasteiger partial charge in [0.25, 0.3) is 0 Å². The lowest BCUT2D eigenvalue weighted by atomic mass is 9.68. The first-order valence-corrected chi connectivity index (χ1v) is 5.65. The number of hydrogen-bond acceptors (Lipinski definition) is 2. The third kappa shape index (κ3) is 4.81. The zero-order valence-corrected chi connectivity index (χ0v) is 11.2. The lowest BCUT2D eigenvalue weighted by Gasteiger charge is -2.44. The Balaban J connectivity index is -0.000000410. The van der Waals surface area contributed by atoms with E-state index in [4.69, 9.17) is 9.47 Å². The van der Waals surface area contributed by atoms with E-state index in [-0.39, 0.29) is 26.9 Å². The molecule has 0 spiro atoms. The molecule has 1 heterocycles. The second-order valence-corrected chi connectivity index (χ2v) is 5.38. The SMILES string of the molecule is C.C.CC(C)(C)C(C)(C)C1(F)OCCO1.CCF. The smallest absolute Gasteiger partial charge is 0.321 e. The number of hydrogen-bond donors (Lipinski definition) is 0. The van der Waals surface area contributed by atoms with Crippen molar-refractivity contribution in [2.24, 2.45) is 10.8 Å². The molecule has 1 fully saturated rings. The molecule has 0 saturated carbocycles. The van der Waals surface area contributed by atoms with Crippen LogP contribution in [0.25, 0.3) is 0 Å². The third-order valence-corrected chi connectivity index (χ3v) is 3.28. The lowest BCUT2D eigenvalue weighted by molar-refractivity contribution is -0.335. The quantitative estimate of drug-likeness (QED) is 0.669. The van der Waals surface area contributed by atoms with Crippen LogP contribution in [0.4, 0.5) is 8.78 Å². The molecular weight excluding hydrogens is 238 g/mol. The van der Waals surface area contributed by atoms with Crippen molar-refractivity contribution in [1.82, 2.24) is 0 Å². The van der Waals surface area contributed by atoms with E-state index in [1.807, 2.05) is 34.6 Å². The number of alkyl halides is 2. The molecule has 0 radical (unpaired) electrons. The van der Waals surface area contributed by atoms with Crippen LogP contribution in [-0.4, -0.2) is 25.9 Å². The van der Waals surface area contributed by atoms with Gasteiger partial charge < -0.3 is 9.47 Å². The van der Waals surface area contributed by atoms with Crippen molar-refractivity contribution in [3.63, 3.8) is 0 Å². The normalized spacial score (nSPS) is 18.0. The van der Waals surface area contributed by atoms with Gasteiger partial charge in [-0.05, 0) is 12.3 Å². The van der Waals surface area contributed by atoms with Crippen LogP contribution in [0.2, 0.25) is 0 Å². The zero-order chi connectivity index (χ0) is 13.0. The van der Waals surface area contributed by atoms with Crippen LogP contribution >= 0.6 is 0 Å². The predicted molar refractivity (Wildman–Crippen MR) is 74.1 cm³/mol. The van der Waals surface area contributed by atoms with Crippen LogP contribution in [0, 0.1) is 10.8 Å². The second kappa shape index (κ2) is 8.05. The summed E-state index contributed by atoms with van der Waals surface area (Å²) in [4.78, 5) is 0. The Morgan fingerprint density at radius 3 is 1.50 bits per heavy atom. The first-order valence-electron chi connectivity index (χ1n) is 5.65. The summed E-state index contributed by atoms with van der Waals surface area (Å²) >= 11 is 0. The topological polar surface area (TPSA) is 18.5 Å². The van der Waals surface area contributed by atoms with Crippen LogP contribution in [0.15, 0.2) is 0 Å². The molecule has 1 aliphatic rings. The molecule has 18 heavy (non-hydrogen) atoms. The fraction of sp³-hybridized carbons (Fsp3) is 1.00. The van der Waals surface area contributed by atoms with E-state index in [0.717, 1.165) is 0 Å². The van der Waals surface area contributed by atoms with Crippen LogP contribution in [-0.2, 0) is 9.47 Å². The molecule has 0 aliphatic carbocycles. The summed E-state index contributed by atoms with van der Waals surface area (Å²) in [7, 11) is 0. The molecule has 4 heteroatoms. The molecule has 1 rings (SSSR count). The fourth-order valence-electron chi connectivity index (χ4n) is 1.20. The molecule has 0 N–H and O–H groups in total. The molecule has 0 aromatic heterocycles. The van der Waals surface area contributed by atoms with Crippen LogP contribution in [0.5, 0.6) is 0 Å². The Kier molecular flexibility index (Phi) is 10.3. The Bertz CT molecular complexity index is 204. The van der Waals surface area contributed by atoms with Crippen molar-refractivity contribution in [3.05, 3.63) is 0 Å². The minimum Gasteiger partial charge on any atom is -0.321 e. The Morgan fingerprint density at radius 2 is 1.28 bits per heavy atom. The maximum absolute atomic E-state index is 14.1. The highest BCUT2D eigenvalue weighted by Crippen LogP contribution is 2.50. The summed E-state index contributed by atoms with van der Waals surface area (Å²) in [5, 5.41) is 0. The molecule has 114 valence electrons. The zero-order valence-electron chi connectivity index (χ0n) is 11.2. The summed E-state index contributed by atoms with van der Waals surface area (Å²) in [5.41, 5.74) is -0.859. The van der Waals surface area contributed by atoms with Gasteiger partial charge in [-0.2, -0.15) is 4.39 Å². The molecule has 0 unspecified atom stereocenters. The van der Waals surface area contributed by atoms with Gasteiger partial charge in [0.1, 0.15) is 0 Å². The Labute approximate surface area is 112 Å². The summed E-state index contributed by atoms with van der Waals surface area (Å²) in [6, 6.07) is -1.93. The molecule has 1 saturated heterocycles. The van der Waals surface area contributed by atoms with Gasteiger partial charge in [0.2, 0.25) is 0 Å². The van der Waals surface area contributed by atoms with Crippen LogP contribution in [0.3, 0.4) is 0 Å². The molecule has 0 bridgehead atoms. The van der Waals surface area contributed by atoms with Crippen molar-refractivity contribution >= 4 is 0 Å². The highest BCUT2D eigenvalue weighted by atomic mass is 19.2. The highest BCUT2D eigenvalue weighted by Gasteiger charge is 2.57. The van der Waals surface area contributed by atoms with Crippen molar-refractivity contribution in [2.45, 2.75) is 62.4 Å². The van der Waals surface area contributed by atoms with Gasteiger partial charge in [0, 0.05) is 0 Å². The van der Waals surface area contributed by atoms with Crippen molar-refractivity contribution in [1.29, 1.82) is 0 Å². The van der Waals surface area contributed by atoms with Gasteiger partial charge >= 0.3 is 6.04 Å². The van der Waals surface area contributed by atoms with E-state index in [9.17, 15) is 8.78 Å². The van der Waals surface area contributed by atoms with Crippen molar-refractivity contribution in [3.8, 4) is 0 Å². The summed E-state index contributed by atoms with van der Waals surface area (Å²) < 4.78 is 34.5. The van der Waals surface area contributed by atoms with Gasteiger partial charge in [-0.1, -0.05) is 49.5 Å². The standard InChI is InChI=1S/C10H19FO2.C2H5F.2CH4/c1-8(2,3)9(4,5)10(11)12-6-7-13-10;1-2-3;;/h6-7H2,1-5H3;2H2,1H3;2*1H4. The minimum atomic E-state index is -1.93. The molecule has 1 aliphatic heterocycles. The van der Waals surface area contributed by atoms with E-state index in [1.54, 1.807) is 0 Å². The average Bonchev–Trinajstić information content (AvgIpc) is 2.53. The van der Waals surface area contributed by atoms with E-state index < -0.39 is 11.5 Å². The van der Waals surface area contributed by atoms with Gasteiger partial charge in [0.05, 0.1) is 25.3 Å². The maximum Gasteiger partial charge on any atom is 0.326 e. The third-order valence-electron chi connectivity index (χ3n) is 3.28. The van der Waals surface area contributed by atoms with E-state index in [2.05, 4.69) is 0 Å². The molecule has 0 amide bonds. The first kappa shape index (κ1) is 22.9. The van der Waals surface area contributed by atoms with Crippen LogP contribution in [0.1, 0.15) is 56.4 Å². The first-order chi connectivity index (χ1) is 7.12. The van der Waals surface area contributed by atoms with Crippen molar-refractivity contribution < 1.29 is 18.3 Å². The second-order valence-electron chi connectivity index (χ2n) is 5.38. The predicted octanol–water partition coefficient (Wildman–Crippen LogP) is 4.98. The fourth-order valence-corrected chi connectivity index (χ4v) is 1.20. The Morgan fingerprint density at radius 1 is 1.00 bits per heavy atom. The number of halogens is 2. The highest BCUT2D eigenvalue weighted by molar-refractivity contribution is 4.91.